The van der Waals surface area contributed by atoms with Crippen molar-refractivity contribution in [3.8, 4) is 5.75 Å². The van der Waals surface area contributed by atoms with Crippen LogP contribution in [0.5, 0.6) is 5.75 Å². The van der Waals surface area contributed by atoms with Crippen LogP contribution in [0.1, 0.15) is 18.9 Å². The third-order valence-electron chi connectivity index (χ3n) is 2.72. The standard InChI is InChI=1S/C12H19NO3S/c1-12(13,7-8-17(3,14)15)10-5-4-6-11(9-10)16-2/h4-6,9H,7-8,13H2,1-3H3. The Balaban J connectivity index is 2.88. The van der Waals surface area contributed by atoms with Gasteiger partial charge in [0.2, 0.25) is 0 Å². The molecule has 1 rings (SSSR count). The van der Waals surface area contributed by atoms with E-state index in [0.29, 0.717) is 6.42 Å². The number of nitrogens with two attached hydrogens (primary N) is 1. The van der Waals surface area contributed by atoms with E-state index in [0.717, 1.165) is 11.3 Å². The van der Waals surface area contributed by atoms with Gasteiger partial charge in [-0.1, -0.05) is 12.1 Å². The van der Waals surface area contributed by atoms with Crippen LogP contribution >= 0.6 is 0 Å². The van der Waals surface area contributed by atoms with E-state index in [1.54, 1.807) is 7.11 Å². The molecular formula is C12H19NO3S. The van der Waals surface area contributed by atoms with E-state index < -0.39 is 15.4 Å². The van der Waals surface area contributed by atoms with Crippen LogP contribution < -0.4 is 10.5 Å². The number of ether oxygens (including phenoxy) is 1. The Morgan fingerprint density at radius 1 is 1.41 bits per heavy atom. The molecule has 0 heterocycles. The van der Waals surface area contributed by atoms with E-state index >= 15 is 0 Å². The second kappa shape index (κ2) is 5.06. The minimum absolute atomic E-state index is 0.0806. The molecule has 1 aromatic carbocycles. The van der Waals surface area contributed by atoms with Crippen molar-refractivity contribution in [3.05, 3.63) is 29.8 Å². The topological polar surface area (TPSA) is 69.4 Å². The van der Waals surface area contributed by atoms with Gasteiger partial charge in [0.1, 0.15) is 15.6 Å². The molecule has 5 heteroatoms. The van der Waals surface area contributed by atoms with Crippen molar-refractivity contribution in [2.75, 3.05) is 19.1 Å². The Bertz CT molecular complexity index is 480. The van der Waals surface area contributed by atoms with Crippen molar-refractivity contribution >= 4 is 9.84 Å². The smallest absolute Gasteiger partial charge is 0.147 e. The van der Waals surface area contributed by atoms with Gasteiger partial charge in [-0.05, 0) is 31.0 Å². The Labute approximate surface area is 103 Å². The molecule has 0 aliphatic carbocycles. The van der Waals surface area contributed by atoms with Crippen LogP contribution in [0.2, 0.25) is 0 Å². The first-order valence-corrected chi connectivity index (χ1v) is 7.42. The maximum atomic E-state index is 11.2. The molecule has 96 valence electrons. The first-order chi connectivity index (χ1) is 7.74. The van der Waals surface area contributed by atoms with Gasteiger partial charge in [0.25, 0.3) is 0 Å². The van der Waals surface area contributed by atoms with Crippen LogP contribution in [0.15, 0.2) is 24.3 Å². The number of hydrogen-bond acceptors (Lipinski definition) is 4. The van der Waals surface area contributed by atoms with Crippen LogP contribution in [-0.2, 0) is 15.4 Å². The van der Waals surface area contributed by atoms with Crippen LogP contribution in [0, 0.1) is 0 Å². The zero-order chi connectivity index (χ0) is 13.1. The summed E-state index contributed by atoms with van der Waals surface area (Å²) in [7, 11) is -1.41. The lowest BCUT2D eigenvalue weighted by Crippen LogP contribution is -2.35. The highest BCUT2D eigenvalue weighted by Crippen LogP contribution is 2.25. The van der Waals surface area contributed by atoms with Crippen molar-refractivity contribution < 1.29 is 13.2 Å². The molecule has 0 fully saturated rings. The monoisotopic (exact) mass is 257 g/mol. The Morgan fingerprint density at radius 3 is 2.59 bits per heavy atom. The molecule has 0 aliphatic heterocycles. The summed E-state index contributed by atoms with van der Waals surface area (Å²) in [5, 5.41) is 0. The predicted molar refractivity (Wildman–Crippen MR) is 68.9 cm³/mol. The Kier molecular flexibility index (Phi) is 4.16. The molecule has 0 bridgehead atoms. The highest BCUT2D eigenvalue weighted by Gasteiger charge is 2.23. The lowest BCUT2D eigenvalue weighted by atomic mass is 9.90. The van der Waals surface area contributed by atoms with Crippen molar-refractivity contribution in [1.82, 2.24) is 0 Å². The summed E-state index contributed by atoms with van der Waals surface area (Å²) in [5.41, 5.74) is 6.36. The third kappa shape index (κ3) is 4.36. The van der Waals surface area contributed by atoms with Crippen molar-refractivity contribution in [1.29, 1.82) is 0 Å². The second-order valence-electron chi connectivity index (χ2n) is 4.53. The van der Waals surface area contributed by atoms with E-state index in [1.165, 1.54) is 6.26 Å². The first-order valence-electron chi connectivity index (χ1n) is 5.36. The predicted octanol–water partition coefficient (Wildman–Crippen LogP) is 1.30. The van der Waals surface area contributed by atoms with E-state index in [9.17, 15) is 8.42 Å². The van der Waals surface area contributed by atoms with E-state index in [4.69, 9.17) is 10.5 Å². The quantitative estimate of drug-likeness (QED) is 0.863. The van der Waals surface area contributed by atoms with Gasteiger partial charge in [0, 0.05) is 11.8 Å². The highest BCUT2D eigenvalue weighted by atomic mass is 32.2. The molecular weight excluding hydrogens is 238 g/mol. The first kappa shape index (κ1) is 14.0. The molecule has 17 heavy (non-hydrogen) atoms. The van der Waals surface area contributed by atoms with Gasteiger partial charge in [-0.2, -0.15) is 0 Å². The van der Waals surface area contributed by atoms with Crippen LogP contribution in [-0.4, -0.2) is 27.5 Å². The van der Waals surface area contributed by atoms with Gasteiger partial charge in [-0.3, -0.25) is 0 Å². The normalized spacial score (nSPS) is 15.3. The largest absolute Gasteiger partial charge is 0.497 e. The molecule has 0 radical (unpaired) electrons. The maximum absolute atomic E-state index is 11.2. The van der Waals surface area contributed by atoms with E-state index in [-0.39, 0.29) is 5.75 Å². The van der Waals surface area contributed by atoms with Crippen LogP contribution in [0.4, 0.5) is 0 Å². The molecule has 1 atom stereocenters. The van der Waals surface area contributed by atoms with Crippen LogP contribution in [0.3, 0.4) is 0 Å². The van der Waals surface area contributed by atoms with Crippen molar-refractivity contribution in [2.45, 2.75) is 18.9 Å². The van der Waals surface area contributed by atoms with Gasteiger partial charge in [-0.15, -0.1) is 0 Å². The summed E-state index contributed by atoms with van der Waals surface area (Å²) in [6.07, 6.45) is 1.60. The SMILES string of the molecule is COc1cccc(C(C)(N)CCS(C)(=O)=O)c1. The average molecular weight is 257 g/mol. The number of rotatable bonds is 5. The fraction of sp³-hybridized carbons (Fsp3) is 0.500. The fourth-order valence-electron chi connectivity index (χ4n) is 1.52. The lowest BCUT2D eigenvalue weighted by molar-refractivity contribution is 0.409. The molecule has 1 aromatic rings. The van der Waals surface area contributed by atoms with Gasteiger partial charge in [-0.25, -0.2) is 8.42 Å². The van der Waals surface area contributed by atoms with E-state index in [1.807, 2.05) is 31.2 Å². The molecule has 4 nitrogen and oxygen atoms in total. The number of hydrogen-bond donors (Lipinski definition) is 1. The zero-order valence-corrected chi connectivity index (χ0v) is 11.3. The zero-order valence-electron chi connectivity index (χ0n) is 10.4. The highest BCUT2D eigenvalue weighted by molar-refractivity contribution is 7.90. The molecule has 0 saturated carbocycles. The lowest BCUT2D eigenvalue weighted by Gasteiger charge is -2.25. The molecule has 2 N–H and O–H groups in total. The second-order valence-corrected chi connectivity index (χ2v) is 6.79. The molecule has 0 spiro atoms. The molecule has 0 amide bonds. The summed E-state index contributed by atoms with van der Waals surface area (Å²) in [4.78, 5) is 0. The number of methoxy groups -OCH3 is 1. The summed E-state index contributed by atoms with van der Waals surface area (Å²) < 4.78 is 27.4. The number of sulfone groups is 1. The molecule has 0 aromatic heterocycles. The fourth-order valence-corrected chi connectivity index (χ4v) is 2.31. The Morgan fingerprint density at radius 2 is 2.06 bits per heavy atom. The number of benzene rings is 1. The minimum atomic E-state index is -2.99. The molecule has 0 aliphatic rings. The van der Waals surface area contributed by atoms with Gasteiger partial charge in [0.05, 0.1) is 12.9 Å². The Hall–Kier alpha value is -1.07. The van der Waals surface area contributed by atoms with Crippen molar-refractivity contribution in [3.63, 3.8) is 0 Å². The van der Waals surface area contributed by atoms with Gasteiger partial charge >= 0.3 is 0 Å². The summed E-state index contributed by atoms with van der Waals surface area (Å²) in [6.45, 7) is 1.83. The summed E-state index contributed by atoms with van der Waals surface area (Å²) >= 11 is 0. The van der Waals surface area contributed by atoms with Gasteiger partial charge in [0.15, 0.2) is 0 Å². The maximum Gasteiger partial charge on any atom is 0.147 e. The summed E-state index contributed by atoms with van der Waals surface area (Å²) in [5.74, 6) is 0.801. The van der Waals surface area contributed by atoms with Crippen LogP contribution in [0.25, 0.3) is 0 Å². The molecule has 1 unspecified atom stereocenters. The van der Waals surface area contributed by atoms with E-state index in [2.05, 4.69) is 0 Å². The molecule has 0 saturated heterocycles. The summed E-state index contributed by atoms with van der Waals surface area (Å²) in [6, 6.07) is 7.39. The third-order valence-corrected chi connectivity index (χ3v) is 3.67. The minimum Gasteiger partial charge on any atom is -0.497 e. The van der Waals surface area contributed by atoms with Crippen molar-refractivity contribution in [2.24, 2.45) is 5.73 Å². The average Bonchev–Trinajstić information content (AvgIpc) is 2.26. The van der Waals surface area contributed by atoms with Gasteiger partial charge < -0.3 is 10.5 Å².